The van der Waals surface area contributed by atoms with E-state index in [1.807, 2.05) is 0 Å². The molecule has 0 fully saturated rings. The van der Waals surface area contributed by atoms with Gasteiger partial charge in [-0.05, 0) is 8.80 Å². The first-order valence-electron chi connectivity index (χ1n) is 7.81. The van der Waals surface area contributed by atoms with Gasteiger partial charge in [-0.3, -0.25) is 0 Å². The molecule has 0 aromatic heterocycles. The molecular weight excluding hydrogens is 442 g/mol. The number of fused-ring (bicyclic) bond motifs is 2. The maximum Gasteiger partial charge on any atom is 4.00 e. The largest absolute Gasteiger partial charge is 4.00 e. The van der Waals surface area contributed by atoms with Gasteiger partial charge in [-0.25, -0.2) is 0 Å². The van der Waals surface area contributed by atoms with Crippen molar-refractivity contribution in [2.45, 2.75) is 20.4 Å². The van der Waals surface area contributed by atoms with Crippen LogP contribution in [0.25, 0.3) is 21.5 Å². The smallest absolute Gasteiger partial charge is 1.00 e. The number of benzene rings is 2. The summed E-state index contributed by atoms with van der Waals surface area (Å²) < 4.78 is 0. The Bertz CT molecular complexity index is 904. The summed E-state index contributed by atoms with van der Waals surface area (Å²) in [6, 6.07) is 22.3. The van der Waals surface area contributed by atoms with Crippen LogP contribution in [0.1, 0.15) is 11.1 Å². The van der Waals surface area contributed by atoms with Gasteiger partial charge in [0.25, 0.3) is 0 Å². The van der Waals surface area contributed by atoms with Crippen LogP contribution in [0.4, 0.5) is 0 Å². The molecule has 4 rings (SSSR count). The van der Waals surface area contributed by atoms with Crippen molar-refractivity contribution in [3.63, 3.8) is 0 Å². The van der Waals surface area contributed by atoms with Gasteiger partial charge >= 0.3 is 26.2 Å². The van der Waals surface area contributed by atoms with Gasteiger partial charge in [-0.15, -0.1) is 81.2 Å². The SMILES string of the molecule is Cc1[cH-]c2ccccc2c1[Si](C)c1c(C)[cH-]c2ccccc12.[Cl-].[Cl-].[Zr+4]. The Labute approximate surface area is 182 Å². The van der Waals surface area contributed by atoms with Gasteiger partial charge in [-0.2, -0.15) is 10.4 Å². The molecule has 0 heterocycles. The zero-order valence-corrected chi connectivity index (χ0v) is 19.5. The Kier molecular flexibility index (Phi) is 7.90. The van der Waals surface area contributed by atoms with Crippen LogP contribution in [0.5, 0.6) is 0 Å². The summed E-state index contributed by atoms with van der Waals surface area (Å²) >= 11 is 0. The van der Waals surface area contributed by atoms with Gasteiger partial charge in [-0.1, -0.05) is 32.5 Å². The molecule has 0 saturated heterocycles. The Morgan fingerprint density at radius 3 is 1.44 bits per heavy atom. The molecule has 4 heteroatoms. The van der Waals surface area contributed by atoms with Gasteiger partial charge in [0, 0.05) is 0 Å². The summed E-state index contributed by atoms with van der Waals surface area (Å²) in [4.78, 5) is 0. The quantitative estimate of drug-likeness (QED) is 0.247. The topological polar surface area (TPSA) is 0 Å². The Morgan fingerprint density at radius 1 is 0.680 bits per heavy atom. The monoisotopic (exact) mass is 459 g/mol. The summed E-state index contributed by atoms with van der Waals surface area (Å²) in [6.07, 6.45) is 0. The third-order valence-electron chi connectivity index (χ3n) is 4.74. The molecule has 25 heavy (non-hydrogen) atoms. The number of aryl methyl sites for hydroxylation is 2. The van der Waals surface area contributed by atoms with Crippen molar-refractivity contribution >= 4 is 40.7 Å². The van der Waals surface area contributed by atoms with Crippen LogP contribution in [0, 0.1) is 13.8 Å². The average molecular weight is 462 g/mol. The normalized spacial score (nSPS) is 10.4. The fraction of sp³-hybridized carbons (Fsp3) is 0.143. The maximum absolute atomic E-state index is 2.45. The van der Waals surface area contributed by atoms with Gasteiger partial charge in [0.05, 0.1) is 0 Å². The summed E-state index contributed by atoms with van der Waals surface area (Å²) in [5.41, 5.74) is 2.89. The van der Waals surface area contributed by atoms with Crippen LogP contribution in [0.3, 0.4) is 0 Å². The van der Waals surface area contributed by atoms with E-state index in [2.05, 4.69) is 81.1 Å². The van der Waals surface area contributed by atoms with Crippen molar-refractivity contribution in [3.05, 3.63) is 71.8 Å². The number of hydrogen-bond acceptors (Lipinski definition) is 0. The number of halogens is 2. The van der Waals surface area contributed by atoms with E-state index in [0.29, 0.717) is 0 Å². The Morgan fingerprint density at radius 2 is 1.04 bits per heavy atom. The van der Waals surface area contributed by atoms with Gasteiger partial charge in [0.1, 0.15) is 0 Å². The van der Waals surface area contributed by atoms with E-state index in [0.717, 1.165) is 0 Å². The average Bonchev–Trinajstić information content (AvgIpc) is 3.01. The van der Waals surface area contributed by atoms with Gasteiger partial charge in [0.15, 0.2) is 0 Å². The van der Waals surface area contributed by atoms with Crippen molar-refractivity contribution in [3.8, 4) is 0 Å². The second-order valence-electron chi connectivity index (χ2n) is 6.20. The van der Waals surface area contributed by atoms with E-state index in [-0.39, 0.29) is 51.0 Å². The molecule has 0 bridgehead atoms. The zero-order chi connectivity index (χ0) is 15.3. The molecule has 1 radical (unpaired) electrons. The molecule has 0 N–H and O–H groups in total. The van der Waals surface area contributed by atoms with Gasteiger partial charge < -0.3 is 24.8 Å². The van der Waals surface area contributed by atoms with E-state index in [9.17, 15) is 0 Å². The molecule has 0 unspecified atom stereocenters. The fourth-order valence-electron chi connectivity index (χ4n) is 3.86. The van der Waals surface area contributed by atoms with Crippen LogP contribution >= 0.6 is 0 Å². The predicted molar refractivity (Wildman–Crippen MR) is 99.4 cm³/mol. The zero-order valence-electron chi connectivity index (χ0n) is 14.5. The molecule has 0 saturated carbocycles. The molecule has 0 atom stereocenters. The molecule has 125 valence electrons. The summed E-state index contributed by atoms with van der Waals surface area (Å²) in [7, 11) is -0.769. The van der Waals surface area contributed by atoms with Crippen molar-refractivity contribution in [1.29, 1.82) is 0 Å². The molecule has 4 aromatic carbocycles. The molecular formula is C21H19Cl2SiZr. The van der Waals surface area contributed by atoms with Crippen molar-refractivity contribution in [2.75, 3.05) is 0 Å². The Balaban J connectivity index is 0.00000104. The molecule has 0 aliphatic rings. The molecule has 0 spiro atoms. The first kappa shape index (κ1) is 22.4. The fourth-order valence-corrected chi connectivity index (χ4v) is 6.70. The first-order valence-corrected chi connectivity index (χ1v) is 9.81. The van der Waals surface area contributed by atoms with Crippen molar-refractivity contribution < 1.29 is 51.0 Å². The summed E-state index contributed by atoms with van der Waals surface area (Å²) in [6.45, 7) is 6.99. The molecule has 0 aliphatic carbocycles. The predicted octanol–water partition coefficient (Wildman–Crippen LogP) is -1.71. The van der Waals surface area contributed by atoms with E-state index in [1.54, 1.807) is 10.4 Å². The van der Waals surface area contributed by atoms with E-state index < -0.39 is 8.80 Å². The van der Waals surface area contributed by atoms with E-state index in [4.69, 9.17) is 0 Å². The minimum absolute atomic E-state index is 0. The van der Waals surface area contributed by atoms with Crippen LogP contribution in [-0.2, 0) is 26.2 Å². The van der Waals surface area contributed by atoms with Crippen LogP contribution in [0.2, 0.25) is 6.55 Å². The Hall–Kier alpha value is -0.660. The number of rotatable bonds is 2. The third kappa shape index (κ3) is 3.74. The molecule has 0 nitrogen and oxygen atoms in total. The van der Waals surface area contributed by atoms with Crippen LogP contribution < -0.4 is 35.2 Å². The second-order valence-corrected chi connectivity index (χ2v) is 8.45. The second kappa shape index (κ2) is 8.82. The van der Waals surface area contributed by atoms with Crippen LogP contribution in [0.15, 0.2) is 60.7 Å². The first-order chi connectivity index (χ1) is 10.7. The molecule has 0 amide bonds. The van der Waals surface area contributed by atoms with Crippen LogP contribution in [-0.4, -0.2) is 8.80 Å². The summed E-state index contributed by atoms with van der Waals surface area (Å²) in [5, 5.41) is 8.82. The summed E-state index contributed by atoms with van der Waals surface area (Å²) in [5.74, 6) is 0. The standard InChI is InChI=1S/C21H19Si.2ClH.Zr/c1-14-12-16-8-4-6-10-18(16)20(14)22(3)21-15(2)13-17-9-5-7-11-19(17)21;;;/h4-13H,1-3H3;2*1H;/q-2;;;+4/p-2. The molecule has 0 aliphatic heterocycles. The van der Waals surface area contributed by atoms with E-state index >= 15 is 0 Å². The number of hydrogen-bond donors (Lipinski definition) is 0. The maximum atomic E-state index is 2.45. The van der Waals surface area contributed by atoms with Crippen molar-refractivity contribution in [2.24, 2.45) is 0 Å². The third-order valence-corrected chi connectivity index (χ3v) is 7.57. The van der Waals surface area contributed by atoms with E-state index in [1.165, 1.54) is 32.7 Å². The minimum Gasteiger partial charge on any atom is -1.00 e. The van der Waals surface area contributed by atoms with Crippen molar-refractivity contribution in [1.82, 2.24) is 0 Å². The minimum atomic E-state index is -0.769. The molecule has 4 aromatic rings. The van der Waals surface area contributed by atoms with Gasteiger partial charge in [0.2, 0.25) is 0 Å².